The molecule has 0 bridgehead atoms. The highest BCUT2D eigenvalue weighted by Gasteiger charge is 2.15. The van der Waals surface area contributed by atoms with Crippen LogP contribution >= 0.6 is 27.3 Å². The van der Waals surface area contributed by atoms with Crippen molar-refractivity contribution in [3.05, 3.63) is 51.8 Å². The Morgan fingerprint density at radius 1 is 1.38 bits per heavy atom. The van der Waals surface area contributed by atoms with E-state index in [9.17, 15) is 9.18 Å². The average molecular weight is 368 g/mol. The number of hydrogen-bond donors (Lipinski definition) is 1. The molecule has 0 radical (unpaired) electrons. The molecule has 3 aromatic rings. The number of aromatic carboxylic acids is 1. The average Bonchev–Trinajstić information content (AvgIpc) is 3.07. The first-order valence-corrected chi connectivity index (χ1v) is 7.45. The highest BCUT2D eigenvalue weighted by atomic mass is 79.9. The standard InChI is InChI=1S/C14H7BrFNO3S/c15-8-1-2-9(10(16)4-8)13-17-11(6-21-13)12-3-7(5-20-12)14(18)19/h1-6H,(H,18,19). The summed E-state index contributed by atoms with van der Waals surface area (Å²) in [6, 6.07) is 6.12. The fraction of sp³-hybridized carbons (Fsp3) is 0. The normalized spacial score (nSPS) is 10.8. The molecule has 0 aliphatic carbocycles. The van der Waals surface area contributed by atoms with E-state index >= 15 is 0 Å². The summed E-state index contributed by atoms with van der Waals surface area (Å²) < 4.78 is 19.7. The van der Waals surface area contributed by atoms with Gasteiger partial charge in [-0.05, 0) is 18.2 Å². The van der Waals surface area contributed by atoms with Crippen molar-refractivity contribution in [3.63, 3.8) is 0 Å². The molecule has 0 aliphatic heterocycles. The second kappa shape index (κ2) is 5.42. The van der Waals surface area contributed by atoms with Crippen molar-refractivity contribution in [2.24, 2.45) is 0 Å². The summed E-state index contributed by atoms with van der Waals surface area (Å²) in [7, 11) is 0. The van der Waals surface area contributed by atoms with Gasteiger partial charge in [0, 0.05) is 21.5 Å². The van der Waals surface area contributed by atoms with E-state index in [1.807, 2.05) is 0 Å². The molecule has 0 fully saturated rings. The van der Waals surface area contributed by atoms with Crippen LogP contribution in [0.4, 0.5) is 4.39 Å². The quantitative estimate of drug-likeness (QED) is 0.730. The van der Waals surface area contributed by atoms with Crippen LogP contribution in [-0.4, -0.2) is 16.1 Å². The molecule has 0 unspecified atom stereocenters. The first kappa shape index (κ1) is 14.0. The fourth-order valence-corrected chi connectivity index (χ4v) is 2.93. The van der Waals surface area contributed by atoms with Gasteiger partial charge >= 0.3 is 5.97 Å². The number of aromatic nitrogens is 1. The van der Waals surface area contributed by atoms with Crippen molar-refractivity contribution >= 4 is 33.2 Å². The Hall–Kier alpha value is -1.99. The van der Waals surface area contributed by atoms with Crippen LogP contribution in [0, 0.1) is 5.82 Å². The first-order valence-electron chi connectivity index (χ1n) is 5.78. The number of carbonyl (C=O) groups is 1. The van der Waals surface area contributed by atoms with Crippen LogP contribution in [0.15, 0.2) is 44.8 Å². The van der Waals surface area contributed by atoms with Gasteiger partial charge in [-0.1, -0.05) is 15.9 Å². The van der Waals surface area contributed by atoms with Crippen LogP contribution in [0.25, 0.3) is 22.0 Å². The van der Waals surface area contributed by atoms with Crippen LogP contribution in [0.5, 0.6) is 0 Å². The molecule has 1 N–H and O–H groups in total. The molecule has 2 heterocycles. The molecule has 106 valence electrons. The molecule has 0 aliphatic rings. The number of furan rings is 1. The topological polar surface area (TPSA) is 63.3 Å². The largest absolute Gasteiger partial charge is 0.478 e. The van der Waals surface area contributed by atoms with Crippen molar-refractivity contribution < 1.29 is 18.7 Å². The molecular formula is C14H7BrFNO3S. The summed E-state index contributed by atoms with van der Waals surface area (Å²) in [6.07, 6.45) is 1.15. The molecule has 0 amide bonds. The lowest BCUT2D eigenvalue weighted by atomic mass is 10.2. The van der Waals surface area contributed by atoms with Crippen LogP contribution in [0.3, 0.4) is 0 Å². The summed E-state index contributed by atoms with van der Waals surface area (Å²) in [4.78, 5) is 15.1. The number of rotatable bonds is 3. The van der Waals surface area contributed by atoms with E-state index in [0.717, 1.165) is 6.26 Å². The van der Waals surface area contributed by atoms with Crippen LogP contribution in [0.2, 0.25) is 0 Å². The molecule has 1 aromatic carbocycles. The molecular weight excluding hydrogens is 361 g/mol. The Morgan fingerprint density at radius 3 is 2.86 bits per heavy atom. The smallest absolute Gasteiger partial charge is 0.338 e. The van der Waals surface area contributed by atoms with Gasteiger partial charge in [0.2, 0.25) is 0 Å². The molecule has 3 rings (SSSR count). The van der Waals surface area contributed by atoms with Gasteiger partial charge in [-0.2, -0.15) is 0 Å². The van der Waals surface area contributed by atoms with Crippen LogP contribution in [-0.2, 0) is 0 Å². The molecule has 0 saturated carbocycles. The summed E-state index contributed by atoms with van der Waals surface area (Å²) in [6.45, 7) is 0. The van der Waals surface area contributed by atoms with Gasteiger partial charge in [0.25, 0.3) is 0 Å². The zero-order chi connectivity index (χ0) is 15.0. The minimum absolute atomic E-state index is 0.0503. The lowest BCUT2D eigenvalue weighted by Gasteiger charge is -1.99. The SMILES string of the molecule is O=C(O)c1coc(-c2csc(-c3ccc(Br)cc3F)n2)c1. The number of hydrogen-bond acceptors (Lipinski definition) is 4. The summed E-state index contributed by atoms with van der Waals surface area (Å²) in [5.41, 5.74) is 0.915. The Bertz CT molecular complexity index is 827. The van der Waals surface area contributed by atoms with E-state index in [-0.39, 0.29) is 11.4 Å². The van der Waals surface area contributed by atoms with Gasteiger partial charge in [0.15, 0.2) is 5.76 Å². The molecule has 7 heteroatoms. The molecule has 4 nitrogen and oxygen atoms in total. The van der Waals surface area contributed by atoms with Gasteiger partial charge in [0.1, 0.15) is 22.8 Å². The van der Waals surface area contributed by atoms with Crippen molar-refractivity contribution in [1.29, 1.82) is 0 Å². The third-order valence-corrected chi connectivity index (χ3v) is 4.13. The first-order chi connectivity index (χ1) is 10.0. The number of carboxylic acids is 1. The van der Waals surface area contributed by atoms with E-state index in [0.29, 0.717) is 26.5 Å². The number of benzene rings is 1. The van der Waals surface area contributed by atoms with Crippen LogP contribution < -0.4 is 0 Å². The van der Waals surface area contributed by atoms with Crippen molar-refractivity contribution in [1.82, 2.24) is 4.98 Å². The van der Waals surface area contributed by atoms with Crippen LogP contribution in [0.1, 0.15) is 10.4 Å². The Labute approximate surface area is 131 Å². The lowest BCUT2D eigenvalue weighted by molar-refractivity contribution is 0.0696. The fourth-order valence-electron chi connectivity index (χ4n) is 1.76. The minimum Gasteiger partial charge on any atom is -0.478 e. The maximum atomic E-state index is 13.9. The molecule has 2 aromatic heterocycles. The Balaban J connectivity index is 1.97. The third kappa shape index (κ3) is 2.74. The minimum atomic E-state index is -1.07. The summed E-state index contributed by atoms with van der Waals surface area (Å²) >= 11 is 4.46. The third-order valence-electron chi connectivity index (χ3n) is 2.76. The maximum Gasteiger partial charge on any atom is 0.338 e. The number of thiazole rings is 1. The number of carboxylic acid groups (broad SMARTS) is 1. The van der Waals surface area contributed by atoms with E-state index in [2.05, 4.69) is 20.9 Å². The maximum absolute atomic E-state index is 13.9. The van der Waals surface area contributed by atoms with Gasteiger partial charge < -0.3 is 9.52 Å². The van der Waals surface area contributed by atoms with Crippen molar-refractivity contribution in [2.45, 2.75) is 0 Å². The molecule has 0 spiro atoms. The molecule has 21 heavy (non-hydrogen) atoms. The molecule has 0 saturated heterocycles. The highest BCUT2D eigenvalue weighted by Crippen LogP contribution is 2.32. The van der Waals surface area contributed by atoms with Gasteiger partial charge in [-0.25, -0.2) is 14.2 Å². The van der Waals surface area contributed by atoms with E-state index in [1.165, 1.54) is 23.5 Å². The summed E-state index contributed by atoms with van der Waals surface area (Å²) in [5, 5.41) is 11.1. The number of halogens is 2. The second-order valence-electron chi connectivity index (χ2n) is 4.17. The van der Waals surface area contributed by atoms with Crippen molar-refractivity contribution in [3.8, 4) is 22.0 Å². The van der Waals surface area contributed by atoms with Gasteiger partial charge in [-0.3, -0.25) is 0 Å². The van der Waals surface area contributed by atoms with Gasteiger partial charge in [-0.15, -0.1) is 11.3 Å². The highest BCUT2D eigenvalue weighted by molar-refractivity contribution is 9.10. The second-order valence-corrected chi connectivity index (χ2v) is 5.94. The van der Waals surface area contributed by atoms with E-state index < -0.39 is 5.97 Å². The van der Waals surface area contributed by atoms with E-state index in [4.69, 9.17) is 9.52 Å². The predicted molar refractivity (Wildman–Crippen MR) is 79.9 cm³/mol. The lowest BCUT2D eigenvalue weighted by Crippen LogP contribution is -1.91. The zero-order valence-corrected chi connectivity index (χ0v) is 12.7. The monoisotopic (exact) mass is 367 g/mol. The number of nitrogens with zero attached hydrogens (tertiary/aromatic N) is 1. The Kier molecular flexibility index (Phi) is 3.60. The zero-order valence-electron chi connectivity index (χ0n) is 10.3. The van der Waals surface area contributed by atoms with Crippen molar-refractivity contribution in [2.75, 3.05) is 0 Å². The predicted octanol–water partition coefficient (Wildman–Crippen LogP) is 4.67. The Morgan fingerprint density at radius 2 is 2.19 bits per heavy atom. The van der Waals surface area contributed by atoms with Gasteiger partial charge in [0.05, 0.1) is 5.56 Å². The molecule has 0 atom stereocenters. The summed E-state index contributed by atoms with van der Waals surface area (Å²) in [5.74, 6) is -1.11. The van der Waals surface area contributed by atoms with E-state index in [1.54, 1.807) is 17.5 Å².